The van der Waals surface area contributed by atoms with Crippen LogP contribution in [0.5, 0.6) is 5.75 Å². The second-order valence-electron chi connectivity index (χ2n) is 14.6. The van der Waals surface area contributed by atoms with Crippen LogP contribution in [0.4, 0.5) is 14.5 Å². The molecule has 0 aromatic heterocycles. The number of carbonyl (C=O) groups is 2. The Kier molecular flexibility index (Phi) is 9.32. The van der Waals surface area contributed by atoms with Crippen molar-refractivity contribution in [3.05, 3.63) is 70.3 Å². The summed E-state index contributed by atoms with van der Waals surface area (Å²) in [5.74, 6) is -8.03. The van der Waals surface area contributed by atoms with Crippen LogP contribution < -0.4 is 14.4 Å². The third-order valence-electron chi connectivity index (χ3n) is 11.3. The molecule has 49 heavy (non-hydrogen) atoms. The summed E-state index contributed by atoms with van der Waals surface area (Å²) < 4.78 is 67.8. The molecular formula is C36H44ClF2N3O6S. The van der Waals surface area contributed by atoms with Gasteiger partial charge in [0.15, 0.2) is 5.60 Å². The minimum absolute atomic E-state index is 0.0104. The van der Waals surface area contributed by atoms with E-state index in [-0.39, 0.29) is 24.9 Å². The SMILES string of the molecule is C[C@@H]1[C@@H](C)C/C=C/[C@@](O)(C(F)(F)C(=O)N(C)C)[C@@H]2CC[C@H]2CN2C[C@@]3(CCCc4cc(Cl)ccc43)COc3ccc(cc32)C(=O)NS1(=O)=O. The number of hydrogen-bond acceptors (Lipinski definition) is 7. The summed E-state index contributed by atoms with van der Waals surface area (Å²) in [4.78, 5) is 29.2. The zero-order valence-corrected chi connectivity index (χ0v) is 29.8. The number of aryl methyl sites for hydroxylation is 1. The zero-order chi connectivity index (χ0) is 35.5. The molecule has 6 rings (SSSR count). The molecule has 9 nitrogen and oxygen atoms in total. The maximum atomic E-state index is 16.2. The van der Waals surface area contributed by atoms with Crippen molar-refractivity contribution in [2.75, 3.05) is 38.7 Å². The largest absolute Gasteiger partial charge is 0.490 e. The number of anilines is 1. The van der Waals surface area contributed by atoms with Crippen LogP contribution in [-0.2, 0) is 26.7 Å². The first-order valence-corrected chi connectivity index (χ1v) is 18.8. The number of aliphatic hydroxyl groups is 1. The van der Waals surface area contributed by atoms with Gasteiger partial charge in [0.2, 0.25) is 10.0 Å². The van der Waals surface area contributed by atoms with Gasteiger partial charge in [-0.1, -0.05) is 36.7 Å². The van der Waals surface area contributed by atoms with Crippen LogP contribution in [0, 0.1) is 17.8 Å². The van der Waals surface area contributed by atoms with Crippen LogP contribution in [0.3, 0.4) is 0 Å². The second-order valence-corrected chi connectivity index (χ2v) is 17.1. The molecule has 2 amide bonds. The molecule has 2 N–H and O–H groups in total. The van der Waals surface area contributed by atoms with Crippen LogP contribution >= 0.6 is 11.6 Å². The number of allylic oxidation sites excluding steroid dienone is 1. The predicted octanol–water partition coefficient (Wildman–Crippen LogP) is 5.34. The molecule has 4 aliphatic rings. The lowest BCUT2D eigenvalue weighted by molar-refractivity contribution is -0.213. The van der Waals surface area contributed by atoms with E-state index in [0.29, 0.717) is 36.0 Å². The molecular weight excluding hydrogens is 676 g/mol. The van der Waals surface area contributed by atoms with E-state index in [4.69, 9.17) is 16.3 Å². The number of fused-ring (bicyclic) bond motifs is 4. The maximum Gasteiger partial charge on any atom is 0.356 e. The van der Waals surface area contributed by atoms with Crippen molar-refractivity contribution in [3.8, 4) is 5.75 Å². The minimum Gasteiger partial charge on any atom is -0.490 e. The third-order valence-corrected chi connectivity index (χ3v) is 13.5. The number of amides is 2. The molecule has 2 aromatic rings. The fraction of sp³-hybridized carbons (Fsp3) is 0.556. The quantitative estimate of drug-likeness (QED) is 0.403. The highest BCUT2D eigenvalue weighted by molar-refractivity contribution is 7.90. The van der Waals surface area contributed by atoms with Crippen molar-refractivity contribution in [1.82, 2.24) is 9.62 Å². The van der Waals surface area contributed by atoms with Crippen LogP contribution in [0.2, 0.25) is 5.02 Å². The van der Waals surface area contributed by atoms with Gasteiger partial charge >= 0.3 is 5.92 Å². The standard InChI is InChI=1S/C36H44ClF2N3O6S/c1-22-7-5-16-35(45,36(38,39)33(44)41(3)4)29-12-9-26(29)19-42-20-34(15-6-8-24-17-27(37)11-13-28(24)34)21-48-31-14-10-25(18-30(31)42)32(43)40-49(46,47)23(22)2/h5,10-11,13-14,16-18,22-23,26,29,45H,6-9,12,15,19-21H2,1-4H3,(H,40,43)/b16-5+/t22-,23+,26-,29+,34-,35-/m0/s1. The Balaban J connectivity index is 1.49. The number of nitrogens with one attached hydrogen (secondary N) is 1. The number of ether oxygens (including phenoxy) is 1. The van der Waals surface area contributed by atoms with Crippen LogP contribution in [0.25, 0.3) is 0 Å². The van der Waals surface area contributed by atoms with Gasteiger partial charge in [-0.05, 0) is 98.7 Å². The predicted molar refractivity (Wildman–Crippen MR) is 184 cm³/mol. The molecule has 1 fully saturated rings. The van der Waals surface area contributed by atoms with Gasteiger partial charge in [0.1, 0.15) is 5.75 Å². The highest BCUT2D eigenvalue weighted by Crippen LogP contribution is 2.52. The number of sulfonamides is 1. The molecule has 1 saturated carbocycles. The maximum absolute atomic E-state index is 16.2. The van der Waals surface area contributed by atoms with Gasteiger partial charge in [0.25, 0.3) is 11.8 Å². The van der Waals surface area contributed by atoms with Crippen molar-refractivity contribution in [1.29, 1.82) is 0 Å². The smallest absolute Gasteiger partial charge is 0.356 e. The Morgan fingerprint density at radius 3 is 2.61 bits per heavy atom. The molecule has 2 aliphatic heterocycles. The first-order valence-electron chi connectivity index (χ1n) is 16.9. The summed E-state index contributed by atoms with van der Waals surface area (Å²) >= 11 is 6.38. The summed E-state index contributed by atoms with van der Waals surface area (Å²) in [6, 6.07) is 10.6. The number of alkyl halides is 2. The average molecular weight is 720 g/mol. The van der Waals surface area contributed by atoms with Gasteiger partial charge < -0.3 is 19.6 Å². The summed E-state index contributed by atoms with van der Waals surface area (Å²) in [6.07, 6.45) is 5.65. The van der Waals surface area contributed by atoms with Gasteiger partial charge in [-0.25, -0.2) is 13.1 Å². The Morgan fingerprint density at radius 2 is 1.92 bits per heavy atom. The van der Waals surface area contributed by atoms with Crippen molar-refractivity contribution in [2.45, 2.75) is 74.6 Å². The second kappa shape index (κ2) is 12.8. The highest BCUT2D eigenvalue weighted by Gasteiger charge is 2.64. The number of halogens is 3. The summed E-state index contributed by atoms with van der Waals surface area (Å²) in [6.45, 7) is 4.02. The fourth-order valence-corrected chi connectivity index (χ4v) is 9.54. The van der Waals surface area contributed by atoms with Crippen molar-refractivity contribution in [3.63, 3.8) is 0 Å². The summed E-state index contributed by atoms with van der Waals surface area (Å²) in [5, 5.41) is 11.6. The van der Waals surface area contributed by atoms with Gasteiger partial charge in [0.05, 0.1) is 17.5 Å². The number of rotatable bonds is 2. The van der Waals surface area contributed by atoms with E-state index >= 15 is 8.78 Å². The van der Waals surface area contributed by atoms with Gasteiger partial charge in [0, 0.05) is 49.1 Å². The lowest BCUT2D eigenvalue weighted by Crippen LogP contribution is -2.64. The molecule has 2 bridgehead atoms. The Bertz CT molecular complexity index is 1790. The van der Waals surface area contributed by atoms with Crippen molar-refractivity contribution < 1.29 is 36.6 Å². The molecule has 0 saturated heterocycles. The first-order chi connectivity index (χ1) is 23.0. The summed E-state index contributed by atoms with van der Waals surface area (Å²) in [5.41, 5.74) is -0.502. The Hall–Kier alpha value is -3.22. The average Bonchev–Trinajstić information content (AvgIpc) is 3.18. The first kappa shape index (κ1) is 35.6. The molecule has 2 heterocycles. The minimum atomic E-state index is -4.19. The van der Waals surface area contributed by atoms with E-state index in [2.05, 4.69) is 4.72 Å². The van der Waals surface area contributed by atoms with E-state index in [1.807, 2.05) is 23.1 Å². The van der Waals surface area contributed by atoms with E-state index < -0.39 is 61.8 Å². The number of carbonyl (C=O) groups excluding carboxylic acids is 2. The number of nitrogens with zero attached hydrogens (tertiary/aromatic N) is 2. The molecule has 13 heteroatoms. The molecule has 6 atom stereocenters. The van der Waals surface area contributed by atoms with Crippen LogP contribution in [-0.4, -0.2) is 80.8 Å². The monoisotopic (exact) mass is 719 g/mol. The third kappa shape index (κ3) is 6.22. The van der Waals surface area contributed by atoms with Gasteiger partial charge in [-0.2, -0.15) is 8.78 Å². The van der Waals surface area contributed by atoms with Crippen molar-refractivity contribution >= 4 is 39.1 Å². The Morgan fingerprint density at radius 1 is 1.16 bits per heavy atom. The molecule has 0 radical (unpaired) electrons. The van der Waals surface area contributed by atoms with E-state index in [1.54, 1.807) is 19.1 Å². The van der Waals surface area contributed by atoms with E-state index in [1.165, 1.54) is 33.2 Å². The topological polar surface area (TPSA) is 116 Å². The molecule has 1 spiro atoms. The lowest BCUT2D eigenvalue weighted by Gasteiger charge is -2.50. The molecule has 2 aliphatic carbocycles. The summed E-state index contributed by atoms with van der Waals surface area (Å²) in [7, 11) is -1.74. The number of benzene rings is 2. The van der Waals surface area contributed by atoms with Gasteiger partial charge in [-0.3, -0.25) is 9.59 Å². The normalized spacial score (nSPS) is 32.0. The molecule has 0 unspecified atom stereocenters. The van der Waals surface area contributed by atoms with E-state index in [9.17, 15) is 23.1 Å². The van der Waals surface area contributed by atoms with Gasteiger partial charge in [-0.15, -0.1) is 0 Å². The molecule has 266 valence electrons. The van der Waals surface area contributed by atoms with Crippen LogP contribution in [0.1, 0.15) is 67.4 Å². The van der Waals surface area contributed by atoms with E-state index in [0.717, 1.165) is 41.4 Å². The zero-order valence-electron chi connectivity index (χ0n) is 28.2. The van der Waals surface area contributed by atoms with Crippen molar-refractivity contribution in [2.24, 2.45) is 17.8 Å². The fourth-order valence-electron chi connectivity index (χ4n) is 8.06. The Labute approximate surface area is 291 Å². The lowest BCUT2D eigenvalue weighted by atomic mass is 9.62. The number of hydrogen-bond donors (Lipinski definition) is 2. The molecule has 2 aromatic carbocycles. The highest BCUT2D eigenvalue weighted by atomic mass is 35.5. The van der Waals surface area contributed by atoms with Crippen LogP contribution in [0.15, 0.2) is 48.6 Å².